The molecule has 2 rings (SSSR count). The van der Waals surface area contributed by atoms with Crippen LogP contribution in [0.15, 0.2) is 22.7 Å². The van der Waals surface area contributed by atoms with Gasteiger partial charge in [0.15, 0.2) is 0 Å². The fourth-order valence-electron chi connectivity index (χ4n) is 2.01. The van der Waals surface area contributed by atoms with Gasteiger partial charge >= 0.3 is 12.0 Å². The van der Waals surface area contributed by atoms with E-state index < -0.39 is 5.97 Å². The van der Waals surface area contributed by atoms with Gasteiger partial charge in [-0.1, -0.05) is 0 Å². The number of carbonyl (C=O) groups excluding carboxylic acids is 1. The molecule has 0 aliphatic heterocycles. The van der Waals surface area contributed by atoms with Crippen molar-refractivity contribution in [3.8, 4) is 0 Å². The summed E-state index contributed by atoms with van der Waals surface area (Å²) in [6, 6.07) is 4.21. The highest BCUT2D eigenvalue weighted by Crippen LogP contribution is 2.31. The van der Waals surface area contributed by atoms with E-state index in [1.165, 1.54) is 12.1 Å². The van der Waals surface area contributed by atoms with Crippen LogP contribution in [0.3, 0.4) is 0 Å². The Bertz CT molecular complexity index is 527. The van der Waals surface area contributed by atoms with Crippen molar-refractivity contribution < 1.29 is 14.7 Å². The third-order valence-corrected chi connectivity index (χ3v) is 3.99. The van der Waals surface area contributed by atoms with E-state index in [0.717, 1.165) is 19.3 Å². The Morgan fingerprint density at radius 3 is 2.53 bits per heavy atom. The minimum atomic E-state index is -1.00. The molecule has 0 heterocycles. The predicted octanol–water partition coefficient (Wildman–Crippen LogP) is 3.21. The molecule has 0 saturated heterocycles. The van der Waals surface area contributed by atoms with Crippen LogP contribution in [0.4, 0.5) is 10.5 Å². The Hall–Kier alpha value is -1.56. The average Bonchev–Trinajstić information content (AvgIpc) is 2.29. The Morgan fingerprint density at radius 1 is 1.37 bits per heavy atom. The van der Waals surface area contributed by atoms with Crippen LogP contribution in [0.5, 0.6) is 0 Å². The average molecular weight is 327 g/mol. The quantitative estimate of drug-likeness (QED) is 0.798. The van der Waals surface area contributed by atoms with Gasteiger partial charge in [0.1, 0.15) is 0 Å². The highest BCUT2D eigenvalue weighted by Gasteiger charge is 2.33. The van der Waals surface area contributed by atoms with Gasteiger partial charge in [0.2, 0.25) is 0 Å². The molecular weight excluding hydrogens is 312 g/mol. The summed E-state index contributed by atoms with van der Waals surface area (Å²) in [4.78, 5) is 22.6. The van der Waals surface area contributed by atoms with Crippen molar-refractivity contribution in [2.75, 3.05) is 5.32 Å². The fraction of sp³-hybridized carbons (Fsp3) is 0.385. The van der Waals surface area contributed by atoms with Crippen LogP contribution >= 0.6 is 15.9 Å². The number of anilines is 1. The van der Waals surface area contributed by atoms with Gasteiger partial charge in [-0.15, -0.1) is 0 Å². The van der Waals surface area contributed by atoms with Gasteiger partial charge < -0.3 is 15.7 Å². The van der Waals surface area contributed by atoms with E-state index in [2.05, 4.69) is 26.6 Å². The number of nitrogens with one attached hydrogen (secondary N) is 2. The molecule has 0 bridgehead atoms. The van der Waals surface area contributed by atoms with E-state index in [0.29, 0.717) is 10.2 Å². The molecule has 1 aromatic rings. The van der Waals surface area contributed by atoms with Gasteiger partial charge in [-0.2, -0.15) is 0 Å². The first kappa shape index (κ1) is 13.9. The van der Waals surface area contributed by atoms with E-state index in [9.17, 15) is 9.59 Å². The molecule has 0 aromatic heterocycles. The molecule has 3 N–H and O–H groups in total. The lowest BCUT2D eigenvalue weighted by Crippen LogP contribution is -2.52. The fourth-order valence-corrected chi connectivity index (χ4v) is 2.49. The number of carboxylic acid groups (broad SMARTS) is 1. The second-order valence-electron chi connectivity index (χ2n) is 4.99. The zero-order valence-electron chi connectivity index (χ0n) is 10.5. The lowest BCUT2D eigenvalue weighted by molar-refractivity contribution is 0.0697. The molecule has 0 unspecified atom stereocenters. The summed E-state index contributed by atoms with van der Waals surface area (Å²) in [5.74, 6) is -1.00. The first-order chi connectivity index (χ1) is 8.89. The number of urea groups is 1. The van der Waals surface area contributed by atoms with Gasteiger partial charge in [0.25, 0.3) is 0 Å². The van der Waals surface area contributed by atoms with Gasteiger partial charge in [0, 0.05) is 10.0 Å². The number of benzene rings is 1. The van der Waals surface area contributed by atoms with E-state index in [4.69, 9.17) is 5.11 Å². The molecule has 6 heteroatoms. The van der Waals surface area contributed by atoms with Crippen LogP contribution in [0.25, 0.3) is 0 Å². The molecule has 1 aliphatic rings. The minimum Gasteiger partial charge on any atom is -0.478 e. The first-order valence-corrected chi connectivity index (χ1v) is 6.81. The van der Waals surface area contributed by atoms with E-state index in [-0.39, 0.29) is 17.1 Å². The predicted molar refractivity (Wildman–Crippen MR) is 75.5 cm³/mol. The summed E-state index contributed by atoms with van der Waals surface area (Å²) in [5.41, 5.74) is 0.603. The number of halogens is 1. The summed E-state index contributed by atoms with van der Waals surface area (Å²) < 4.78 is 0.543. The largest absolute Gasteiger partial charge is 0.478 e. The zero-order chi connectivity index (χ0) is 14.0. The maximum atomic E-state index is 11.8. The van der Waals surface area contributed by atoms with Crippen LogP contribution in [0, 0.1) is 0 Å². The van der Waals surface area contributed by atoms with Crippen molar-refractivity contribution in [1.29, 1.82) is 0 Å². The van der Waals surface area contributed by atoms with Gasteiger partial charge in [-0.3, -0.25) is 0 Å². The van der Waals surface area contributed by atoms with E-state index in [1.807, 2.05) is 6.92 Å². The molecule has 0 radical (unpaired) electrons. The maximum Gasteiger partial charge on any atom is 0.335 e. The molecule has 1 fully saturated rings. The van der Waals surface area contributed by atoms with Crippen LogP contribution in [-0.4, -0.2) is 22.6 Å². The number of carbonyl (C=O) groups is 2. The molecule has 0 atom stereocenters. The van der Waals surface area contributed by atoms with Crippen LogP contribution in [-0.2, 0) is 0 Å². The topological polar surface area (TPSA) is 78.4 Å². The smallest absolute Gasteiger partial charge is 0.335 e. The summed E-state index contributed by atoms with van der Waals surface area (Å²) in [6.07, 6.45) is 3.10. The summed E-state index contributed by atoms with van der Waals surface area (Å²) >= 11 is 3.25. The van der Waals surface area contributed by atoms with Crippen molar-refractivity contribution in [3.05, 3.63) is 28.2 Å². The zero-order valence-corrected chi connectivity index (χ0v) is 12.1. The Morgan fingerprint density at radius 2 is 2.05 bits per heavy atom. The summed E-state index contributed by atoms with van der Waals surface area (Å²) in [6.45, 7) is 2.01. The minimum absolute atomic E-state index is 0.114. The van der Waals surface area contributed by atoms with Gasteiger partial charge in [0.05, 0.1) is 11.3 Å². The molecule has 0 spiro atoms. The standard InChI is InChI=1S/C13H15BrN2O3/c1-13(5-2-6-13)16-12(19)15-10-4-3-8(11(17)18)7-9(10)14/h3-4,7H,2,5-6H2,1H3,(H,17,18)(H2,15,16,19). The molecule has 5 nitrogen and oxygen atoms in total. The Labute approximate surface area is 119 Å². The second kappa shape index (κ2) is 5.21. The number of hydrogen-bond acceptors (Lipinski definition) is 2. The molecule has 2 amide bonds. The molecule has 1 aromatic carbocycles. The van der Waals surface area contributed by atoms with E-state index >= 15 is 0 Å². The lowest BCUT2D eigenvalue weighted by atomic mass is 9.79. The van der Waals surface area contributed by atoms with Gasteiger partial charge in [-0.05, 0) is 60.3 Å². The van der Waals surface area contributed by atoms with Crippen molar-refractivity contribution in [2.45, 2.75) is 31.7 Å². The SMILES string of the molecule is CC1(NC(=O)Nc2ccc(C(=O)O)cc2Br)CCC1. The van der Waals surface area contributed by atoms with Crippen molar-refractivity contribution >= 4 is 33.6 Å². The molecule has 19 heavy (non-hydrogen) atoms. The molecule has 1 aliphatic carbocycles. The lowest BCUT2D eigenvalue weighted by Gasteiger charge is -2.39. The summed E-state index contributed by atoms with van der Waals surface area (Å²) in [5, 5.41) is 14.5. The van der Waals surface area contributed by atoms with Crippen molar-refractivity contribution in [3.63, 3.8) is 0 Å². The van der Waals surface area contributed by atoms with Crippen LogP contribution in [0.2, 0.25) is 0 Å². The number of amides is 2. The Kier molecular flexibility index (Phi) is 3.80. The number of carboxylic acids is 1. The highest BCUT2D eigenvalue weighted by molar-refractivity contribution is 9.10. The highest BCUT2D eigenvalue weighted by atomic mass is 79.9. The van der Waals surface area contributed by atoms with Crippen LogP contribution in [0.1, 0.15) is 36.5 Å². The van der Waals surface area contributed by atoms with Crippen molar-refractivity contribution in [2.24, 2.45) is 0 Å². The van der Waals surface area contributed by atoms with Crippen molar-refractivity contribution in [1.82, 2.24) is 5.32 Å². The van der Waals surface area contributed by atoms with E-state index in [1.54, 1.807) is 6.07 Å². The number of aromatic carboxylic acids is 1. The molecular formula is C13H15BrN2O3. The monoisotopic (exact) mass is 326 g/mol. The maximum absolute atomic E-state index is 11.8. The number of hydrogen-bond donors (Lipinski definition) is 3. The second-order valence-corrected chi connectivity index (χ2v) is 5.85. The number of rotatable bonds is 3. The third kappa shape index (κ3) is 3.26. The first-order valence-electron chi connectivity index (χ1n) is 6.02. The third-order valence-electron chi connectivity index (χ3n) is 3.34. The normalized spacial score (nSPS) is 16.3. The Balaban J connectivity index is 2.02. The van der Waals surface area contributed by atoms with Gasteiger partial charge in [-0.25, -0.2) is 9.59 Å². The molecule has 102 valence electrons. The summed E-state index contributed by atoms with van der Waals surface area (Å²) in [7, 11) is 0. The molecule has 1 saturated carbocycles. The van der Waals surface area contributed by atoms with Crippen LogP contribution < -0.4 is 10.6 Å².